The quantitative estimate of drug-likeness (QED) is 0.401. The summed E-state index contributed by atoms with van der Waals surface area (Å²) in [6.45, 7) is 5.50. The minimum atomic E-state index is -0.680. The van der Waals surface area contributed by atoms with E-state index in [0.29, 0.717) is 17.2 Å². The van der Waals surface area contributed by atoms with E-state index in [2.05, 4.69) is 4.57 Å². The van der Waals surface area contributed by atoms with Crippen molar-refractivity contribution in [2.75, 3.05) is 6.61 Å². The SMILES string of the molecule is Cc1ccc(C(=O)c2ccccc2C(=O)OCC(=O)c2cc(C)n(C3CC3)c2C)cc1. The van der Waals surface area contributed by atoms with E-state index in [0.717, 1.165) is 29.8 Å². The minimum absolute atomic E-state index is 0.157. The third-order valence-corrected chi connectivity index (χ3v) is 5.74. The van der Waals surface area contributed by atoms with Crippen molar-refractivity contribution in [1.29, 1.82) is 0 Å². The Balaban J connectivity index is 1.49. The van der Waals surface area contributed by atoms with Gasteiger partial charge < -0.3 is 9.30 Å². The fourth-order valence-electron chi connectivity index (χ4n) is 3.96. The Morgan fingerprint density at radius 3 is 2.19 bits per heavy atom. The predicted octanol–water partition coefficient (Wildman–Crippen LogP) is 5.02. The van der Waals surface area contributed by atoms with Gasteiger partial charge in [0.15, 0.2) is 12.4 Å². The Morgan fingerprint density at radius 2 is 1.55 bits per heavy atom. The van der Waals surface area contributed by atoms with Crippen LogP contribution in [-0.4, -0.2) is 28.7 Å². The first-order chi connectivity index (χ1) is 14.9. The monoisotopic (exact) mass is 415 g/mol. The molecular formula is C26H25NO4. The number of hydrogen-bond acceptors (Lipinski definition) is 4. The number of ether oxygens (including phenoxy) is 1. The standard InChI is InChI=1S/C26H25NO4/c1-16-8-10-19(11-9-16)25(29)21-6-4-5-7-22(21)26(30)31-15-24(28)23-14-17(2)27(18(23)3)20-12-13-20/h4-11,14,20H,12-13,15H2,1-3H3. The number of hydrogen-bond donors (Lipinski definition) is 0. The van der Waals surface area contributed by atoms with Crippen molar-refractivity contribution in [2.45, 2.75) is 39.7 Å². The molecule has 1 aliphatic carbocycles. The molecular weight excluding hydrogens is 390 g/mol. The van der Waals surface area contributed by atoms with Crippen LogP contribution in [0.1, 0.15) is 72.5 Å². The molecule has 158 valence electrons. The van der Waals surface area contributed by atoms with Gasteiger partial charge in [0.2, 0.25) is 5.78 Å². The molecule has 0 amide bonds. The molecule has 31 heavy (non-hydrogen) atoms. The van der Waals surface area contributed by atoms with Crippen molar-refractivity contribution < 1.29 is 19.1 Å². The van der Waals surface area contributed by atoms with Gasteiger partial charge in [0.05, 0.1) is 5.56 Å². The zero-order valence-corrected chi connectivity index (χ0v) is 18.0. The van der Waals surface area contributed by atoms with Gasteiger partial charge >= 0.3 is 5.97 Å². The van der Waals surface area contributed by atoms with Crippen LogP contribution in [0.5, 0.6) is 0 Å². The molecule has 0 saturated heterocycles. The second-order valence-electron chi connectivity index (χ2n) is 8.13. The highest BCUT2D eigenvalue weighted by Gasteiger charge is 2.28. The van der Waals surface area contributed by atoms with Gasteiger partial charge in [-0.25, -0.2) is 4.79 Å². The summed E-state index contributed by atoms with van der Waals surface area (Å²) >= 11 is 0. The van der Waals surface area contributed by atoms with Gasteiger partial charge in [-0.3, -0.25) is 9.59 Å². The van der Waals surface area contributed by atoms with Gasteiger partial charge in [-0.05, 0) is 45.7 Å². The van der Waals surface area contributed by atoms with Crippen LogP contribution in [0.3, 0.4) is 0 Å². The number of aryl methyl sites for hydroxylation is 2. The average Bonchev–Trinajstić information content (AvgIpc) is 3.56. The fourth-order valence-corrected chi connectivity index (χ4v) is 3.96. The number of ketones is 2. The highest BCUT2D eigenvalue weighted by atomic mass is 16.5. The van der Waals surface area contributed by atoms with Gasteiger partial charge in [0.1, 0.15) is 0 Å². The molecule has 2 aromatic carbocycles. The molecule has 0 spiro atoms. The maximum Gasteiger partial charge on any atom is 0.339 e. The molecule has 0 radical (unpaired) electrons. The van der Waals surface area contributed by atoms with Crippen molar-refractivity contribution >= 4 is 17.5 Å². The number of nitrogens with zero attached hydrogens (tertiary/aromatic N) is 1. The number of esters is 1. The van der Waals surface area contributed by atoms with Crippen molar-refractivity contribution in [1.82, 2.24) is 4.57 Å². The van der Waals surface area contributed by atoms with Gasteiger partial charge in [-0.2, -0.15) is 0 Å². The zero-order chi connectivity index (χ0) is 22.1. The Bertz CT molecular complexity index is 1170. The second-order valence-corrected chi connectivity index (χ2v) is 8.13. The summed E-state index contributed by atoms with van der Waals surface area (Å²) in [6, 6.07) is 16.0. The normalized spacial score (nSPS) is 13.1. The summed E-state index contributed by atoms with van der Waals surface area (Å²) < 4.78 is 7.51. The van der Waals surface area contributed by atoms with E-state index >= 15 is 0 Å². The minimum Gasteiger partial charge on any atom is -0.454 e. The lowest BCUT2D eigenvalue weighted by Crippen LogP contribution is -2.17. The Labute approximate surface area is 181 Å². The third-order valence-electron chi connectivity index (χ3n) is 5.74. The van der Waals surface area contributed by atoms with E-state index < -0.39 is 5.97 Å². The predicted molar refractivity (Wildman–Crippen MR) is 118 cm³/mol. The van der Waals surface area contributed by atoms with Gasteiger partial charge in [0, 0.05) is 34.1 Å². The number of Topliss-reactive ketones (excluding diaryl/α,β-unsaturated/α-hetero) is 1. The fraction of sp³-hybridized carbons (Fsp3) is 0.269. The van der Waals surface area contributed by atoms with Crippen LogP contribution < -0.4 is 0 Å². The summed E-state index contributed by atoms with van der Waals surface area (Å²) in [6.07, 6.45) is 2.26. The van der Waals surface area contributed by atoms with Crippen molar-refractivity contribution in [3.8, 4) is 0 Å². The lowest BCUT2D eigenvalue weighted by atomic mass is 9.98. The molecule has 5 heteroatoms. The van der Waals surface area contributed by atoms with E-state index in [1.54, 1.807) is 36.4 Å². The number of benzene rings is 2. The molecule has 1 aromatic heterocycles. The lowest BCUT2D eigenvalue weighted by molar-refractivity contribution is 0.0472. The molecule has 0 N–H and O–H groups in total. The van der Waals surface area contributed by atoms with Crippen molar-refractivity contribution in [3.63, 3.8) is 0 Å². The van der Waals surface area contributed by atoms with Crippen LogP contribution >= 0.6 is 0 Å². The number of carbonyl (C=O) groups is 3. The molecule has 5 nitrogen and oxygen atoms in total. The van der Waals surface area contributed by atoms with Crippen LogP contribution in [0.15, 0.2) is 54.6 Å². The Kier molecular flexibility index (Phi) is 5.59. The molecule has 1 aliphatic rings. The molecule has 0 unspecified atom stereocenters. The van der Waals surface area contributed by atoms with Crippen LogP contribution in [0, 0.1) is 20.8 Å². The maximum absolute atomic E-state index is 12.9. The van der Waals surface area contributed by atoms with Gasteiger partial charge in [-0.1, -0.05) is 48.0 Å². The van der Waals surface area contributed by atoms with Crippen LogP contribution in [0.4, 0.5) is 0 Å². The van der Waals surface area contributed by atoms with Gasteiger partial charge in [0.25, 0.3) is 0 Å². The topological polar surface area (TPSA) is 65.4 Å². The molecule has 0 bridgehead atoms. The van der Waals surface area contributed by atoms with E-state index in [-0.39, 0.29) is 29.3 Å². The Hall–Kier alpha value is -3.47. The summed E-state index contributed by atoms with van der Waals surface area (Å²) in [4.78, 5) is 38.4. The molecule has 3 aromatic rings. The van der Waals surface area contributed by atoms with Crippen LogP contribution in [0.25, 0.3) is 0 Å². The molecule has 1 fully saturated rings. The molecule has 0 atom stereocenters. The highest BCUT2D eigenvalue weighted by molar-refractivity contribution is 6.14. The van der Waals surface area contributed by atoms with E-state index in [4.69, 9.17) is 4.74 Å². The Morgan fingerprint density at radius 1 is 0.903 bits per heavy atom. The first-order valence-corrected chi connectivity index (χ1v) is 10.5. The average molecular weight is 415 g/mol. The molecule has 1 saturated carbocycles. The summed E-state index contributed by atoms with van der Waals surface area (Å²) in [5.74, 6) is -1.18. The van der Waals surface area contributed by atoms with Crippen LogP contribution in [0.2, 0.25) is 0 Å². The highest BCUT2D eigenvalue weighted by Crippen LogP contribution is 2.38. The van der Waals surface area contributed by atoms with Crippen molar-refractivity contribution in [3.05, 3.63) is 93.8 Å². The van der Waals surface area contributed by atoms with E-state index in [1.165, 1.54) is 0 Å². The summed E-state index contributed by atoms with van der Waals surface area (Å²) in [7, 11) is 0. The lowest BCUT2D eigenvalue weighted by Gasteiger charge is -2.10. The zero-order valence-electron chi connectivity index (χ0n) is 18.0. The first kappa shape index (κ1) is 20.8. The number of carbonyl (C=O) groups excluding carboxylic acids is 3. The summed E-state index contributed by atoms with van der Waals surface area (Å²) in [5, 5.41) is 0. The van der Waals surface area contributed by atoms with Crippen LogP contribution in [-0.2, 0) is 4.74 Å². The van der Waals surface area contributed by atoms with Gasteiger partial charge in [-0.15, -0.1) is 0 Å². The number of aromatic nitrogens is 1. The van der Waals surface area contributed by atoms with E-state index in [1.807, 2.05) is 39.0 Å². The summed E-state index contributed by atoms with van der Waals surface area (Å²) in [5.41, 5.74) is 4.50. The number of rotatable bonds is 7. The largest absolute Gasteiger partial charge is 0.454 e. The third kappa shape index (κ3) is 4.22. The first-order valence-electron chi connectivity index (χ1n) is 10.5. The maximum atomic E-state index is 12.9. The van der Waals surface area contributed by atoms with Crippen molar-refractivity contribution in [2.24, 2.45) is 0 Å². The molecule has 0 aliphatic heterocycles. The smallest absolute Gasteiger partial charge is 0.339 e. The second kappa shape index (κ2) is 8.34. The molecule has 1 heterocycles. The molecule has 4 rings (SSSR count). The van der Waals surface area contributed by atoms with E-state index in [9.17, 15) is 14.4 Å².